The Kier molecular flexibility index (Phi) is 6.36. The second kappa shape index (κ2) is 8.27. The van der Waals surface area contributed by atoms with Crippen molar-refractivity contribution < 1.29 is 17.9 Å². The van der Waals surface area contributed by atoms with Crippen LogP contribution in [0.4, 0.5) is 0 Å². The van der Waals surface area contributed by atoms with Crippen LogP contribution in [0, 0.1) is 6.92 Å². The van der Waals surface area contributed by atoms with Gasteiger partial charge in [0.15, 0.2) is 0 Å². The van der Waals surface area contributed by atoms with Crippen molar-refractivity contribution in [2.24, 2.45) is 0 Å². The van der Waals surface area contributed by atoms with E-state index in [0.717, 1.165) is 27.0 Å². The highest BCUT2D eigenvalue weighted by Gasteiger charge is 2.23. The lowest BCUT2D eigenvalue weighted by Gasteiger charge is -2.15. The molecule has 0 saturated heterocycles. The van der Waals surface area contributed by atoms with Gasteiger partial charge in [0.1, 0.15) is 16.6 Å². The molecule has 0 spiro atoms. The first-order valence-corrected chi connectivity index (χ1v) is 9.67. The molecule has 0 bridgehead atoms. The van der Waals surface area contributed by atoms with E-state index in [9.17, 15) is 13.2 Å². The smallest absolute Gasteiger partial charge is 0.252 e. The summed E-state index contributed by atoms with van der Waals surface area (Å²) < 4.78 is 31.2. The molecule has 1 heterocycles. The van der Waals surface area contributed by atoms with Crippen molar-refractivity contribution in [3.63, 3.8) is 0 Å². The molecule has 130 valence electrons. The van der Waals surface area contributed by atoms with E-state index >= 15 is 0 Å². The zero-order valence-electron chi connectivity index (χ0n) is 13.6. The largest absolute Gasteiger partial charge is 0.492 e. The minimum Gasteiger partial charge on any atom is -0.492 e. The van der Waals surface area contributed by atoms with E-state index in [1.807, 2.05) is 31.2 Å². The van der Waals surface area contributed by atoms with Crippen LogP contribution in [0.5, 0.6) is 5.75 Å². The van der Waals surface area contributed by atoms with E-state index in [1.54, 1.807) is 11.4 Å². The van der Waals surface area contributed by atoms with Crippen LogP contribution in [0.2, 0.25) is 0 Å². The summed E-state index contributed by atoms with van der Waals surface area (Å²) in [5.74, 6) is 0.368. The van der Waals surface area contributed by atoms with Crippen LogP contribution in [-0.4, -0.2) is 45.4 Å². The van der Waals surface area contributed by atoms with Crippen LogP contribution in [0.15, 0.2) is 46.0 Å². The van der Waals surface area contributed by atoms with Crippen molar-refractivity contribution in [3.05, 3.63) is 47.3 Å². The highest BCUT2D eigenvalue weighted by atomic mass is 32.2. The number of carbonyl (C=O) groups excluding carboxylic acids is 1. The lowest BCUT2D eigenvalue weighted by molar-refractivity contribution is -0.121. The van der Waals surface area contributed by atoms with Crippen LogP contribution in [0.1, 0.15) is 5.56 Å². The Balaban J connectivity index is 1.75. The van der Waals surface area contributed by atoms with Crippen LogP contribution in [0.3, 0.4) is 0 Å². The maximum Gasteiger partial charge on any atom is 0.252 e. The van der Waals surface area contributed by atoms with Crippen LogP contribution < -0.4 is 10.1 Å². The van der Waals surface area contributed by atoms with Crippen molar-refractivity contribution in [2.45, 2.75) is 11.1 Å². The number of sulfonamides is 1. The van der Waals surface area contributed by atoms with Crippen molar-refractivity contribution in [1.82, 2.24) is 9.62 Å². The van der Waals surface area contributed by atoms with Crippen molar-refractivity contribution in [2.75, 3.05) is 26.7 Å². The zero-order chi connectivity index (χ0) is 17.6. The molecular formula is C16H20N2O4S2. The molecule has 1 amide bonds. The van der Waals surface area contributed by atoms with Crippen LogP contribution in [-0.2, 0) is 14.8 Å². The van der Waals surface area contributed by atoms with Crippen LogP contribution in [0.25, 0.3) is 0 Å². The number of nitrogens with zero attached hydrogens (tertiary/aromatic N) is 1. The highest BCUT2D eigenvalue weighted by Crippen LogP contribution is 2.19. The maximum absolute atomic E-state index is 12.2. The summed E-state index contributed by atoms with van der Waals surface area (Å²) in [5.41, 5.74) is 1.09. The Labute approximate surface area is 146 Å². The van der Waals surface area contributed by atoms with Gasteiger partial charge in [-0.3, -0.25) is 4.79 Å². The van der Waals surface area contributed by atoms with Gasteiger partial charge < -0.3 is 10.1 Å². The summed E-state index contributed by atoms with van der Waals surface area (Å²) in [5, 5.41) is 4.33. The van der Waals surface area contributed by atoms with Gasteiger partial charge in [-0.25, -0.2) is 8.42 Å². The molecule has 8 heteroatoms. The molecule has 2 aromatic rings. The summed E-state index contributed by atoms with van der Waals surface area (Å²) in [6.45, 7) is 2.36. The lowest BCUT2D eigenvalue weighted by Crippen LogP contribution is -2.39. The summed E-state index contributed by atoms with van der Waals surface area (Å²) >= 11 is 1.12. The fourth-order valence-electron chi connectivity index (χ4n) is 1.97. The number of hydrogen-bond acceptors (Lipinski definition) is 5. The third-order valence-corrected chi connectivity index (χ3v) is 6.38. The number of ether oxygens (including phenoxy) is 1. The Morgan fingerprint density at radius 2 is 2.08 bits per heavy atom. The molecule has 2 rings (SSSR count). The van der Waals surface area contributed by atoms with E-state index in [4.69, 9.17) is 4.74 Å². The molecule has 0 atom stereocenters. The van der Waals surface area contributed by atoms with Gasteiger partial charge in [-0.15, -0.1) is 11.3 Å². The molecule has 0 radical (unpaired) electrons. The number of carbonyl (C=O) groups is 1. The lowest BCUT2D eigenvalue weighted by atomic mass is 10.2. The number of benzene rings is 1. The average Bonchev–Trinajstić information content (AvgIpc) is 3.07. The Morgan fingerprint density at radius 1 is 1.29 bits per heavy atom. The molecular weight excluding hydrogens is 348 g/mol. The topological polar surface area (TPSA) is 75.7 Å². The molecule has 0 saturated carbocycles. The number of nitrogens with one attached hydrogen (secondary N) is 1. The summed E-state index contributed by atoms with van der Waals surface area (Å²) in [6.07, 6.45) is 0. The minimum absolute atomic E-state index is 0.223. The first kappa shape index (κ1) is 18.4. The van der Waals surface area contributed by atoms with Crippen molar-refractivity contribution >= 4 is 27.3 Å². The summed E-state index contributed by atoms with van der Waals surface area (Å²) in [6, 6.07) is 10.8. The van der Waals surface area contributed by atoms with Gasteiger partial charge in [-0.1, -0.05) is 18.2 Å². The van der Waals surface area contributed by atoms with Crippen molar-refractivity contribution in [1.29, 1.82) is 0 Å². The predicted molar refractivity (Wildman–Crippen MR) is 93.8 cm³/mol. The van der Waals surface area contributed by atoms with Gasteiger partial charge in [0.25, 0.3) is 10.0 Å². The first-order chi connectivity index (χ1) is 11.4. The number of rotatable bonds is 8. The molecule has 6 nitrogen and oxygen atoms in total. The quantitative estimate of drug-likeness (QED) is 0.722. The van der Waals surface area contributed by atoms with E-state index in [-0.39, 0.29) is 16.7 Å². The Morgan fingerprint density at radius 3 is 2.75 bits per heavy atom. The first-order valence-electron chi connectivity index (χ1n) is 7.35. The molecule has 1 aromatic heterocycles. The monoisotopic (exact) mass is 368 g/mol. The third-order valence-electron chi connectivity index (χ3n) is 3.21. The zero-order valence-corrected chi connectivity index (χ0v) is 15.2. The fourth-order valence-corrected chi connectivity index (χ4v) is 4.30. The molecule has 0 aliphatic rings. The predicted octanol–water partition coefficient (Wildman–Crippen LogP) is 1.87. The molecule has 24 heavy (non-hydrogen) atoms. The van der Waals surface area contributed by atoms with Crippen LogP contribution >= 0.6 is 11.3 Å². The Hall–Kier alpha value is -1.90. The second-order valence-electron chi connectivity index (χ2n) is 5.21. The van der Waals surface area contributed by atoms with E-state index in [2.05, 4.69) is 5.32 Å². The highest BCUT2D eigenvalue weighted by molar-refractivity contribution is 7.91. The van der Waals surface area contributed by atoms with Gasteiger partial charge in [-0.2, -0.15) is 4.31 Å². The summed E-state index contributed by atoms with van der Waals surface area (Å²) in [4.78, 5) is 11.9. The SMILES string of the molecule is Cc1cccc(OCCNC(=O)CN(C)S(=O)(=O)c2cccs2)c1. The van der Waals surface area contributed by atoms with E-state index < -0.39 is 10.0 Å². The fraction of sp³-hybridized carbons (Fsp3) is 0.312. The molecule has 1 aromatic carbocycles. The van der Waals surface area contributed by atoms with Gasteiger partial charge in [0, 0.05) is 7.05 Å². The molecule has 0 unspecified atom stereocenters. The molecule has 1 N–H and O–H groups in total. The maximum atomic E-state index is 12.2. The van der Waals surface area contributed by atoms with Gasteiger partial charge in [0.2, 0.25) is 5.91 Å². The minimum atomic E-state index is -3.61. The standard InChI is InChI=1S/C16H20N2O4S2/c1-13-5-3-6-14(11-13)22-9-8-17-15(19)12-18(2)24(20,21)16-7-4-10-23-16/h3-7,10-11H,8-9,12H2,1-2H3,(H,17,19). The van der Waals surface area contributed by atoms with Crippen molar-refractivity contribution in [3.8, 4) is 5.75 Å². The second-order valence-corrected chi connectivity index (χ2v) is 8.43. The average molecular weight is 368 g/mol. The molecule has 0 fully saturated rings. The normalized spacial score (nSPS) is 11.5. The third kappa shape index (κ3) is 5.05. The van der Waals surface area contributed by atoms with Gasteiger partial charge >= 0.3 is 0 Å². The van der Waals surface area contributed by atoms with Gasteiger partial charge in [0.05, 0.1) is 13.1 Å². The molecule has 0 aliphatic heterocycles. The number of aryl methyl sites for hydroxylation is 1. The molecule has 0 aliphatic carbocycles. The number of amides is 1. The number of hydrogen-bond donors (Lipinski definition) is 1. The number of likely N-dealkylation sites (N-methyl/N-ethyl adjacent to an activating group) is 1. The summed E-state index contributed by atoms with van der Waals surface area (Å²) in [7, 11) is -2.22. The van der Waals surface area contributed by atoms with E-state index in [0.29, 0.717) is 13.2 Å². The number of thiophene rings is 1. The Bertz CT molecular complexity index is 773. The van der Waals surface area contributed by atoms with E-state index in [1.165, 1.54) is 13.1 Å². The van der Waals surface area contributed by atoms with Gasteiger partial charge in [-0.05, 0) is 36.1 Å².